The van der Waals surface area contributed by atoms with Crippen LogP contribution in [0, 0.1) is 6.92 Å². The summed E-state index contributed by atoms with van der Waals surface area (Å²) in [6.45, 7) is 2.83. The molecule has 0 fully saturated rings. The maximum Gasteiger partial charge on any atom is 0.162 e. The Morgan fingerprint density at radius 2 is 1.75 bits per heavy atom. The molecule has 0 saturated heterocycles. The number of ether oxygens (including phenoxy) is 2. The van der Waals surface area contributed by atoms with Gasteiger partial charge in [-0.1, -0.05) is 0 Å². The van der Waals surface area contributed by atoms with Crippen molar-refractivity contribution in [1.82, 2.24) is 4.98 Å². The molecule has 2 rings (SSSR count). The van der Waals surface area contributed by atoms with Crippen molar-refractivity contribution in [3.8, 4) is 11.5 Å². The fourth-order valence-electron chi connectivity index (χ4n) is 2.37. The molecule has 0 saturated carbocycles. The number of fused-ring (bicyclic) bond motifs is 1. The zero-order chi connectivity index (χ0) is 14.5. The van der Waals surface area contributed by atoms with E-state index in [1.165, 1.54) is 5.56 Å². The number of rotatable bonds is 6. The maximum atomic E-state index is 5.53. The van der Waals surface area contributed by atoms with E-state index >= 15 is 0 Å². The van der Waals surface area contributed by atoms with Crippen molar-refractivity contribution in [2.24, 2.45) is 5.73 Å². The molecule has 20 heavy (non-hydrogen) atoms. The van der Waals surface area contributed by atoms with Gasteiger partial charge in [0.1, 0.15) is 0 Å². The number of hydrogen-bond donors (Lipinski definition) is 1. The summed E-state index contributed by atoms with van der Waals surface area (Å²) in [5, 5.41) is 1.10. The van der Waals surface area contributed by atoms with E-state index in [-0.39, 0.29) is 0 Å². The summed E-state index contributed by atoms with van der Waals surface area (Å²) in [5.74, 6) is 1.45. The van der Waals surface area contributed by atoms with Crippen LogP contribution in [0.15, 0.2) is 18.2 Å². The van der Waals surface area contributed by atoms with Crippen molar-refractivity contribution in [2.45, 2.75) is 26.2 Å². The first kappa shape index (κ1) is 14.6. The van der Waals surface area contributed by atoms with Crippen molar-refractivity contribution in [1.29, 1.82) is 0 Å². The van der Waals surface area contributed by atoms with Gasteiger partial charge in [-0.05, 0) is 50.4 Å². The molecule has 1 heterocycles. The molecule has 0 unspecified atom stereocenters. The fraction of sp³-hybridized carbons (Fsp3) is 0.438. The summed E-state index contributed by atoms with van der Waals surface area (Å²) in [4.78, 5) is 4.72. The molecule has 0 atom stereocenters. The minimum Gasteiger partial charge on any atom is -0.493 e. The number of nitrogens with zero attached hydrogens (tertiary/aromatic N) is 1. The van der Waals surface area contributed by atoms with Gasteiger partial charge in [0.2, 0.25) is 0 Å². The second kappa shape index (κ2) is 6.57. The average molecular weight is 274 g/mol. The van der Waals surface area contributed by atoms with Gasteiger partial charge in [0, 0.05) is 17.1 Å². The minimum absolute atomic E-state index is 0.714. The van der Waals surface area contributed by atoms with Gasteiger partial charge in [-0.15, -0.1) is 0 Å². The van der Waals surface area contributed by atoms with Crippen molar-refractivity contribution in [2.75, 3.05) is 20.8 Å². The smallest absolute Gasteiger partial charge is 0.162 e. The first-order valence-corrected chi connectivity index (χ1v) is 6.92. The Balaban J connectivity index is 2.42. The Kier molecular flexibility index (Phi) is 4.79. The molecule has 4 heteroatoms. The fourth-order valence-corrected chi connectivity index (χ4v) is 2.37. The normalized spacial score (nSPS) is 10.8. The zero-order valence-corrected chi connectivity index (χ0v) is 12.4. The quantitative estimate of drug-likeness (QED) is 0.823. The average Bonchev–Trinajstić information content (AvgIpc) is 2.46. The molecule has 0 aliphatic carbocycles. The van der Waals surface area contributed by atoms with E-state index in [9.17, 15) is 0 Å². The monoisotopic (exact) mass is 274 g/mol. The van der Waals surface area contributed by atoms with Crippen LogP contribution in [-0.2, 0) is 6.42 Å². The zero-order valence-electron chi connectivity index (χ0n) is 12.4. The Morgan fingerprint density at radius 3 is 2.40 bits per heavy atom. The van der Waals surface area contributed by atoms with Gasteiger partial charge in [0.05, 0.1) is 19.7 Å². The Morgan fingerprint density at radius 1 is 1.05 bits per heavy atom. The van der Waals surface area contributed by atoms with Gasteiger partial charge in [-0.3, -0.25) is 4.98 Å². The van der Waals surface area contributed by atoms with Gasteiger partial charge < -0.3 is 15.2 Å². The molecule has 2 N–H and O–H groups in total. The van der Waals surface area contributed by atoms with Crippen LogP contribution < -0.4 is 15.2 Å². The van der Waals surface area contributed by atoms with E-state index in [1.54, 1.807) is 14.2 Å². The van der Waals surface area contributed by atoms with Crippen molar-refractivity contribution in [3.05, 3.63) is 29.5 Å². The number of pyridine rings is 1. The summed E-state index contributed by atoms with van der Waals surface area (Å²) in [5.41, 5.74) is 8.80. The SMILES string of the molecule is COc1cc2nc(CCCCN)cc(C)c2cc1OC. The predicted octanol–water partition coefficient (Wildman–Crippen LogP) is 2.84. The first-order chi connectivity index (χ1) is 9.69. The summed E-state index contributed by atoms with van der Waals surface area (Å²) >= 11 is 0. The van der Waals surface area contributed by atoms with Crippen LogP contribution >= 0.6 is 0 Å². The maximum absolute atomic E-state index is 5.53. The minimum atomic E-state index is 0.714. The van der Waals surface area contributed by atoms with Gasteiger partial charge in [-0.25, -0.2) is 0 Å². The highest BCUT2D eigenvalue weighted by molar-refractivity contribution is 5.85. The molecule has 0 aliphatic heterocycles. The van der Waals surface area contributed by atoms with Crippen molar-refractivity contribution < 1.29 is 9.47 Å². The number of aryl methyl sites for hydroxylation is 2. The molecule has 1 aromatic heterocycles. The van der Waals surface area contributed by atoms with E-state index in [2.05, 4.69) is 13.0 Å². The van der Waals surface area contributed by atoms with Crippen LogP contribution in [0.2, 0.25) is 0 Å². The molecule has 0 spiro atoms. The Hall–Kier alpha value is -1.81. The molecular formula is C16H22N2O2. The lowest BCUT2D eigenvalue weighted by Gasteiger charge is -2.11. The lowest BCUT2D eigenvalue weighted by Crippen LogP contribution is -2.00. The van der Waals surface area contributed by atoms with Crippen LogP contribution in [0.5, 0.6) is 11.5 Å². The molecular weight excluding hydrogens is 252 g/mol. The highest BCUT2D eigenvalue weighted by Crippen LogP contribution is 2.33. The third-order valence-electron chi connectivity index (χ3n) is 3.46. The van der Waals surface area contributed by atoms with Gasteiger partial charge in [0.25, 0.3) is 0 Å². The van der Waals surface area contributed by atoms with Crippen LogP contribution in [-0.4, -0.2) is 25.7 Å². The summed E-state index contributed by atoms with van der Waals surface area (Å²) in [6.07, 6.45) is 3.06. The Labute approximate surface area is 119 Å². The molecule has 0 amide bonds. The second-order valence-corrected chi connectivity index (χ2v) is 4.90. The highest BCUT2D eigenvalue weighted by atomic mass is 16.5. The van der Waals surface area contributed by atoms with Crippen LogP contribution in [0.25, 0.3) is 10.9 Å². The first-order valence-electron chi connectivity index (χ1n) is 6.92. The highest BCUT2D eigenvalue weighted by Gasteiger charge is 2.09. The third kappa shape index (κ3) is 3.02. The molecule has 108 valence electrons. The summed E-state index contributed by atoms with van der Waals surface area (Å²) in [7, 11) is 3.29. The molecule has 0 bridgehead atoms. The lowest BCUT2D eigenvalue weighted by atomic mass is 10.1. The number of benzene rings is 1. The molecule has 0 radical (unpaired) electrons. The van der Waals surface area contributed by atoms with E-state index in [0.717, 1.165) is 48.2 Å². The van der Waals surface area contributed by atoms with Crippen molar-refractivity contribution >= 4 is 10.9 Å². The van der Waals surface area contributed by atoms with E-state index in [4.69, 9.17) is 20.2 Å². The molecule has 0 aliphatic rings. The second-order valence-electron chi connectivity index (χ2n) is 4.90. The van der Waals surface area contributed by atoms with E-state index in [0.29, 0.717) is 5.75 Å². The lowest BCUT2D eigenvalue weighted by molar-refractivity contribution is 0.356. The largest absolute Gasteiger partial charge is 0.493 e. The van der Waals surface area contributed by atoms with Crippen LogP contribution in [0.1, 0.15) is 24.1 Å². The molecule has 4 nitrogen and oxygen atoms in total. The number of aromatic nitrogens is 1. The van der Waals surface area contributed by atoms with E-state index < -0.39 is 0 Å². The number of unbranched alkanes of at least 4 members (excludes halogenated alkanes) is 1. The third-order valence-corrected chi connectivity index (χ3v) is 3.46. The number of methoxy groups -OCH3 is 2. The summed E-state index contributed by atoms with van der Waals surface area (Å²) < 4.78 is 10.7. The van der Waals surface area contributed by atoms with Crippen LogP contribution in [0.3, 0.4) is 0 Å². The topological polar surface area (TPSA) is 57.4 Å². The van der Waals surface area contributed by atoms with Gasteiger partial charge in [0.15, 0.2) is 11.5 Å². The Bertz CT molecular complexity index is 597. The molecule has 1 aromatic carbocycles. The van der Waals surface area contributed by atoms with Gasteiger partial charge in [-0.2, -0.15) is 0 Å². The van der Waals surface area contributed by atoms with Gasteiger partial charge >= 0.3 is 0 Å². The summed E-state index contributed by atoms with van der Waals surface area (Å²) in [6, 6.07) is 6.07. The molecule has 2 aromatic rings. The predicted molar refractivity (Wildman–Crippen MR) is 81.6 cm³/mol. The van der Waals surface area contributed by atoms with E-state index in [1.807, 2.05) is 12.1 Å². The standard InChI is InChI=1S/C16H22N2O2/c1-11-8-12(6-4-5-7-17)18-14-10-16(20-3)15(19-2)9-13(11)14/h8-10H,4-7,17H2,1-3H3. The van der Waals surface area contributed by atoms with Crippen molar-refractivity contribution in [3.63, 3.8) is 0 Å². The number of nitrogens with two attached hydrogens (primary N) is 1. The van der Waals surface area contributed by atoms with Crippen LogP contribution in [0.4, 0.5) is 0 Å². The number of hydrogen-bond acceptors (Lipinski definition) is 4.